The van der Waals surface area contributed by atoms with E-state index >= 15 is 0 Å². The zero-order valence-corrected chi connectivity index (χ0v) is 14.3. The number of benzene rings is 3. The molecule has 0 saturated heterocycles. The van der Waals surface area contributed by atoms with Crippen LogP contribution in [0.3, 0.4) is 0 Å². The summed E-state index contributed by atoms with van der Waals surface area (Å²) in [6.07, 6.45) is 0.443. The van der Waals surface area contributed by atoms with Crippen molar-refractivity contribution in [1.29, 1.82) is 0 Å². The van der Waals surface area contributed by atoms with Crippen LogP contribution in [0.15, 0.2) is 72.8 Å². The van der Waals surface area contributed by atoms with Crippen LogP contribution in [0, 0.1) is 6.92 Å². The molecule has 0 spiro atoms. The van der Waals surface area contributed by atoms with Crippen LogP contribution in [0.4, 0.5) is 0 Å². The number of carbonyl (C=O) groups excluding carboxylic acids is 1. The molecule has 0 saturated carbocycles. The molecular weight excluding hydrogens is 328 g/mol. The van der Waals surface area contributed by atoms with Crippen LogP contribution in [0.2, 0.25) is 0 Å². The average Bonchev–Trinajstić information content (AvgIpc) is 2.64. The lowest BCUT2D eigenvalue weighted by molar-refractivity contribution is 0.0695. The Kier molecular flexibility index (Phi) is 5.13. The van der Waals surface area contributed by atoms with Crippen molar-refractivity contribution >= 4 is 11.9 Å². The smallest absolute Gasteiger partial charge is 0.343 e. The lowest BCUT2D eigenvalue weighted by Crippen LogP contribution is -2.10. The van der Waals surface area contributed by atoms with E-state index in [9.17, 15) is 14.7 Å². The highest BCUT2D eigenvalue weighted by Crippen LogP contribution is 2.22. The number of esters is 1. The number of hydrogen-bond acceptors (Lipinski definition) is 3. The highest BCUT2D eigenvalue weighted by Gasteiger charge is 2.14. The van der Waals surface area contributed by atoms with E-state index in [0.717, 1.165) is 11.1 Å². The maximum Gasteiger partial charge on any atom is 0.343 e. The number of carboxylic acids is 1. The number of rotatable bonds is 5. The van der Waals surface area contributed by atoms with Crippen LogP contribution in [-0.2, 0) is 6.42 Å². The fourth-order valence-corrected chi connectivity index (χ4v) is 2.65. The van der Waals surface area contributed by atoms with E-state index < -0.39 is 11.9 Å². The summed E-state index contributed by atoms with van der Waals surface area (Å²) < 4.78 is 5.40. The Balaban J connectivity index is 1.87. The van der Waals surface area contributed by atoms with Gasteiger partial charge in [-0.2, -0.15) is 0 Å². The largest absolute Gasteiger partial charge is 0.478 e. The lowest BCUT2D eigenvalue weighted by Gasteiger charge is -2.10. The third-order valence-corrected chi connectivity index (χ3v) is 4.04. The first-order valence-electron chi connectivity index (χ1n) is 8.22. The summed E-state index contributed by atoms with van der Waals surface area (Å²) in [5, 5.41) is 9.43. The molecule has 0 bridgehead atoms. The van der Waals surface area contributed by atoms with Crippen molar-refractivity contribution in [2.45, 2.75) is 13.3 Å². The molecule has 130 valence electrons. The van der Waals surface area contributed by atoms with Gasteiger partial charge in [-0.15, -0.1) is 0 Å². The van der Waals surface area contributed by atoms with Gasteiger partial charge in [0.25, 0.3) is 0 Å². The van der Waals surface area contributed by atoms with Gasteiger partial charge in [0.2, 0.25) is 0 Å². The summed E-state index contributed by atoms with van der Waals surface area (Å²) >= 11 is 0. The fourth-order valence-electron chi connectivity index (χ4n) is 2.65. The van der Waals surface area contributed by atoms with Gasteiger partial charge in [0.15, 0.2) is 0 Å². The third-order valence-electron chi connectivity index (χ3n) is 4.04. The van der Waals surface area contributed by atoms with Gasteiger partial charge in [0.05, 0.1) is 11.1 Å². The number of carboxylic acid groups (broad SMARTS) is 1. The molecule has 0 aliphatic carbocycles. The van der Waals surface area contributed by atoms with Gasteiger partial charge in [-0.25, -0.2) is 9.59 Å². The van der Waals surface area contributed by atoms with E-state index in [1.54, 1.807) is 30.3 Å². The minimum Gasteiger partial charge on any atom is -0.478 e. The number of hydrogen-bond donors (Lipinski definition) is 1. The van der Waals surface area contributed by atoms with E-state index in [2.05, 4.69) is 0 Å². The van der Waals surface area contributed by atoms with Crippen LogP contribution < -0.4 is 4.74 Å². The summed E-state index contributed by atoms with van der Waals surface area (Å²) in [6, 6.07) is 21.1. The Morgan fingerprint density at radius 1 is 0.923 bits per heavy atom. The molecule has 0 radical (unpaired) electrons. The van der Waals surface area contributed by atoms with Gasteiger partial charge in [0.1, 0.15) is 5.75 Å². The Labute approximate surface area is 151 Å². The quantitative estimate of drug-likeness (QED) is 0.546. The number of ether oxygens (including phenoxy) is 1. The Hall–Kier alpha value is -3.40. The summed E-state index contributed by atoms with van der Waals surface area (Å²) in [5.74, 6) is -1.16. The van der Waals surface area contributed by atoms with Crippen molar-refractivity contribution in [1.82, 2.24) is 0 Å². The normalized spacial score (nSPS) is 10.3. The van der Waals surface area contributed by atoms with Gasteiger partial charge >= 0.3 is 11.9 Å². The first kappa shape index (κ1) is 17.4. The van der Waals surface area contributed by atoms with E-state index in [4.69, 9.17) is 4.74 Å². The maximum absolute atomic E-state index is 12.2. The zero-order valence-electron chi connectivity index (χ0n) is 14.3. The molecule has 0 aliphatic heterocycles. The highest BCUT2D eigenvalue weighted by molar-refractivity contribution is 5.92. The summed E-state index contributed by atoms with van der Waals surface area (Å²) in [7, 11) is 0. The highest BCUT2D eigenvalue weighted by atomic mass is 16.5. The van der Waals surface area contributed by atoms with Gasteiger partial charge in [-0.1, -0.05) is 48.0 Å². The van der Waals surface area contributed by atoms with Crippen LogP contribution in [-0.4, -0.2) is 17.0 Å². The Morgan fingerprint density at radius 3 is 2.27 bits per heavy atom. The molecule has 1 N–H and O–H groups in total. The van der Waals surface area contributed by atoms with Gasteiger partial charge in [-0.05, 0) is 54.8 Å². The van der Waals surface area contributed by atoms with Crippen LogP contribution in [0.5, 0.6) is 5.75 Å². The molecule has 3 aromatic carbocycles. The number of aromatic carboxylic acids is 1. The minimum atomic E-state index is -1.01. The van der Waals surface area contributed by atoms with Gasteiger partial charge in [0, 0.05) is 0 Å². The maximum atomic E-state index is 12.2. The molecule has 26 heavy (non-hydrogen) atoms. The topological polar surface area (TPSA) is 63.6 Å². The SMILES string of the molecule is Cc1ccc(Cc2cc(OC(=O)c3ccccc3)ccc2C(=O)O)cc1. The average molecular weight is 346 g/mol. The predicted molar refractivity (Wildman–Crippen MR) is 98.8 cm³/mol. The van der Waals surface area contributed by atoms with Crippen molar-refractivity contribution in [3.63, 3.8) is 0 Å². The van der Waals surface area contributed by atoms with Crippen molar-refractivity contribution in [2.24, 2.45) is 0 Å². The fraction of sp³-hybridized carbons (Fsp3) is 0.0909. The van der Waals surface area contributed by atoms with Crippen LogP contribution in [0.1, 0.15) is 37.4 Å². The van der Waals surface area contributed by atoms with Crippen molar-refractivity contribution in [3.8, 4) is 5.75 Å². The molecule has 0 unspecified atom stereocenters. The zero-order chi connectivity index (χ0) is 18.5. The van der Waals surface area contributed by atoms with Crippen molar-refractivity contribution in [3.05, 3.63) is 101 Å². The predicted octanol–water partition coefficient (Wildman–Crippen LogP) is 4.50. The van der Waals surface area contributed by atoms with E-state index in [0.29, 0.717) is 23.3 Å². The Bertz CT molecular complexity index is 928. The second-order valence-electron chi connectivity index (χ2n) is 6.04. The van der Waals surface area contributed by atoms with Crippen molar-refractivity contribution in [2.75, 3.05) is 0 Å². The number of aryl methyl sites for hydroxylation is 1. The molecule has 0 amide bonds. The molecule has 0 aliphatic rings. The van der Waals surface area contributed by atoms with E-state index in [1.807, 2.05) is 37.3 Å². The van der Waals surface area contributed by atoms with Gasteiger partial charge in [-0.3, -0.25) is 0 Å². The second kappa shape index (κ2) is 7.66. The number of carbonyl (C=O) groups is 2. The first-order valence-corrected chi connectivity index (χ1v) is 8.22. The van der Waals surface area contributed by atoms with Crippen LogP contribution in [0.25, 0.3) is 0 Å². The molecule has 0 atom stereocenters. The third kappa shape index (κ3) is 4.16. The molecule has 4 heteroatoms. The Morgan fingerprint density at radius 2 is 1.62 bits per heavy atom. The molecule has 0 heterocycles. The van der Waals surface area contributed by atoms with Crippen molar-refractivity contribution < 1.29 is 19.4 Å². The van der Waals surface area contributed by atoms with E-state index in [-0.39, 0.29) is 5.56 Å². The first-order chi connectivity index (χ1) is 12.5. The van der Waals surface area contributed by atoms with Gasteiger partial charge < -0.3 is 9.84 Å². The van der Waals surface area contributed by atoms with E-state index in [1.165, 1.54) is 12.1 Å². The molecule has 0 fully saturated rings. The second-order valence-corrected chi connectivity index (χ2v) is 6.04. The monoisotopic (exact) mass is 346 g/mol. The molecule has 3 rings (SSSR count). The summed E-state index contributed by atoms with van der Waals surface area (Å²) in [6.45, 7) is 2.00. The molecule has 0 aromatic heterocycles. The lowest BCUT2D eigenvalue weighted by atomic mass is 9.99. The molecule has 3 aromatic rings. The molecular formula is C22H18O4. The standard InChI is InChI=1S/C22H18O4/c1-15-7-9-16(10-8-15)13-18-14-19(11-12-20(18)21(23)24)26-22(25)17-5-3-2-4-6-17/h2-12,14H,13H2,1H3,(H,23,24). The summed E-state index contributed by atoms with van der Waals surface area (Å²) in [4.78, 5) is 23.7. The summed E-state index contributed by atoms with van der Waals surface area (Å²) in [5.41, 5.74) is 3.36. The molecule has 4 nitrogen and oxygen atoms in total. The van der Waals surface area contributed by atoms with Crippen LogP contribution >= 0.6 is 0 Å². The minimum absolute atomic E-state index is 0.199.